The van der Waals surface area contributed by atoms with Crippen LogP contribution >= 0.6 is 11.8 Å². The number of thioether (sulfide) groups is 1. The minimum atomic E-state index is 0.342. The largest absolute Gasteiger partial charge is 0.396 e. The van der Waals surface area contributed by atoms with Gasteiger partial charge in [0.15, 0.2) is 0 Å². The molecule has 0 aliphatic rings. The Labute approximate surface area is 74.0 Å². The highest BCUT2D eigenvalue weighted by Crippen LogP contribution is 2.03. The Morgan fingerprint density at radius 3 is 2.45 bits per heavy atom. The van der Waals surface area contributed by atoms with Crippen molar-refractivity contribution >= 4 is 11.8 Å². The van der Waals surface area contributed by atoms with Crippen molar-refractivity contribution in [2.45, 2.75) is 12.8 Å². The first-order valence-electron chi connectivity index (χ1n) is 4.10. The highest BCUT2D eigenvalue weighted by atomic mass is 32.2. The van der Waals surface area contributed by atoms with Gasteiger partial charge < -0.3 is 10.0 Å². The molecule has 2 nitrogen and oxygen atoms in total. The lowest BCUT2D eigenvalue weighted by Crippen LogP contribution is -2.14. The third-order valence-corrected chi connectivity index (χ3v) is 2.43. The van der Waals surface area contributed by atoms with Gasteiger partial charge in [0.1, 0.15) is 0 Å². The Morgan fingerprint density at radius 1 is 1.18 bits per heavy atom. The summed E-state index contributed by atoms with van der Waals surface area (Å²) >= 11 is 1.97. The van der Waals surface area contributed by atoms with Gasteiger partial charge in [-0.15, -0.1) is 0 Å². The predicted molar refractivity (Wildman–Crippen MR) is 52.2 cm³/mol. The van der Waals surface area contributed by atoms with E-state index in [1.165, 1.54) is 11.5 Å². The maximum absolute atomic E-state index is 8.49. The molecule has 0 aromatic carbocycles. The third-order valence-electron chi connectivity index (χ3n) is 1.38. The molecule has 11 heavy (non-hydrogen) atoms. The Hall–Kier alpha value is 0.270. The average Bonchev–Trinajstić information content (AvgIpc) is 1.96. The molecule has 0 fully saturated rings. The molecule has 0 unspecified atom stereocenters. The molecular formula is C8H19NOS. The van der Waals surface area contributed by atoms with E-state index >= 15 is 0 Å². The van der Waals surface area contributed by atoms with Gasteiger partial charge in [-0.3, -0.25) is 0 Å². The molecule has 0 atom stereocenters. The van der Waals surface area contributed by atoms with Crippen molar-refractivity contribution in [2.75, 3.05) is 38.8 Å². The molecule has 0 rings (SSSR count). The normalized spacial score (nSPS) is 10.9. The molecule has 0 amide bonds. The molecule has 0 saturated carbocycles. The van der Waals surface area contributed by atoms with Crippen LogP contribution in [0.4, 0.5) is 0 Å². The second kappa shape index (κ2) is 8.37. The predicted octanol–water partition coefficient (Wildman–Crippen LogP) is 1.05. The van der Waals surface area contributed by atoms with Crippen LogP contribution in [0.5, 0.6) is 0 Å². The molecule has 0 saturated heterocycles. The minimum Gasteiger partial charge on any atom is -0.396 e. The van der Waals surface area contributed by atoms with Gasteiger partial charge in [-0.1, -0.05) is 0 Å². The topological polar surface area (TPSA) is 23.5 Å². The van der Waals surface area contributed by atoms with Gasteiger partial charge in [0.25, 0.3) is 0 Å². The van der Waals surface area contributed by atoms with Crippen LogP contribution in [-0.2, 0) is 0 Å². The minimum absolute atomic E-state index is 0.342. The number of aliphatic hydroxyl groups is 1. The van der Waals surface area contributed by atoms with E-state index in [1.54, 1.807) is 0 Å². The average molecular weight is 177 g/mol. The summed E-state index contributed by atoms with van der Waals surface area (Å²) in [5, 5.41) is 8.49. The van der Waals surface area contributed by atoms with Gasteiger partial charge in [-0.25, -0.2) is 0 Å². The number of aliphatic hydroxyl groups excluding tert-OH is 1. The number of hydrogen-bond donors (Lipinski definition) is 1. The smallest absolute Gasteiger partial charge is 0.0431 e. The van der Waals surface area contributed by atoms with Gasteiger partial charge in [-0.05, 0) is 32.7 Å². The lowest BCUT2D eigenvalue weighted by atomic mass is 10.4. The van der Waals surface area contributed by atoms with E-state index in [0.717, 1.165) is 19.4 Å². The Kier molecular flexibility index (Phi) is 8.57. The van der Waals surface area contributed by atoms with Gasteiger partial charge in [0.2, 0.25) is 0 Å². The van der Waals surface area contributed by atoms with Crippen LogP contribution in [0.1, 0.15) is 12.8 Å². The second-order valence-electron chi connectivity index (χ2n) is 2.85. The fourth-order valence-electron chi connectivity index (χ4n) is 0.665. The van der Waals surface area contributed by atoms with Crippen LogP contribution in [0.15, 0.2) is 0 Å². The van der Waals surface area contributed by atoms with Crippen molar-refractivity contribution in [3.05, 3.63) is 0 Å². The molecular weight excluding hydrogens is 158 g/mol. The summed E-state index contributed by atoms with van der Waals surface area (Å²) in [6, 6.07) is 0. The van der Waals surface area contributed by atoms with Crippen LogP contribution < -0.4 is 0 Å². The maximum Gasteiger partial charge on any atom is 0.0431 e. The first kappa shape index (κ1) is 11.3. The zero-order chi connectivity index (χ0) is 8.53. The second-order valence-corrected chi connectivity index (χ2v) is 4.07. The Bertz CT molecular complexity index is 78.5. The number of rotatable bonds is 7. The molecule has 0 bridgehead atoms. The molecule has 3 heteroatoms. The van der Waals surface area contributed by atoms with E-state index in [2.05, 4.69) is 19.0 Å². The maximum atomic E-state index is 8.49. The first-order valence-corrected chi connectivity index (χ1v) is 5.26. The van der Waals surface area contributed by atoms with Crippen LogP contribution in [0.2, 0.25) is 0 Å². The van der Waals surface area contributed by atoms with Crippen LogP contribution in [-0.4, -0.2) is 48.8 Å². The molecule has 0 aliphatic heterocycles. The zero-order valence-corrected chi connectivity index (χ0v) is 8.36. The highest BCUT2D eigenvalue weighted by molar-refractivity contribution is 7.99. The van der Waals surface area contributed by atoms with Gasteiger partial charge in [-0.2, -0.15) is 11.8 Å². The number of hydrogen-bond acceptors (Lipinski definition) is 3. The van der Waals surface area contributed by atoms with E-state index in [0.29, 0.717) is 6.61 Å². The lowest BCUT2D eigenvalue weighted by molar-refractivity contribution is 0.287. The summed E-state index contributed by atoms with van der Waals surface area (Å²) in [7, 11) is 4.18. The fourth-order valence-corrected chi connectivity index (χ4v) is 1.77. The van der Waals surface area contributed by atoms with Crippen molar-refractivity contribution in [2.24, 2.45) is 0 Å². The van der Waals surface area contributed by atoms with Crippen LogP contribution in [0.25, 0.3) is 0 Å². The molecule has 0 aliphatic carbocycles. The quantitative estimate of drug-likeness (QED) is 0.588. The summed E-state index contributed by atoms with van der Waals surface area (Å²) in [6.07, 6.45) is 2.10. The van der Waals surface area contributed by atoms with Crippen molar-refractivity contribution in [1.82, 2.24) is 4.90 Å². The highest BCUT2D eigenvalue weighted by Gasteiger charge is 1.91. The molecule has 0 heterocycles. The molecule has 0 aromatic heterocycles. The SMILES string of the molecule is CN(C)CCSCCCCO. The van der Waals surface area contributed by atoms with Crippen LogP contribution in [0.3, 0.4) is 0 Å². The Balaban J connectivity index is 2.80. The molecule has 0 aromatic rings. The van der Waals surface area contributed by atoms with Crippen molar-refractivity contribution in [3.8, 4) is 0 Å². The molecule has 0 radical (unpaired) electrons. The Morgan fingerprint density at radius 2 is 1.91 bits per heavy atom. The summed E-state index contributed by atoms with van der Waals surface area (Å²) in [5.74, 6) is 2.40. The third kappa shape index (κ3) is 10.3. The van der Waals surface area contributed by atoms with E-state index in [1.807, 2.05) is 11.8 Å². The van der Waals surface area contributed by atoms with Gasteiger partial charge >= 0.3 is 0 Å². The summed E-state index contributed by atoms with van der Waals surface area (Å²) < 4.78 is 0. The standard InChI is InChI=1S/C8H19NOS/c1-9(2)5-8-11-7-4-3-6-10/h10H,3-8H2,1-2H3. The van der Waals surface area contributed by atoms with Gasteiger partial charge in [0.05, 0.1) is 0 Å². The summed E-state index contributed by atoms with van der Waals surface area (Å²) in [6.45, 7) is 1.50. The van der Waals surface area contributed by atoms with E-state index in [-0.39, 0.29) is 0 Å². The van der Waals surface area contributed by atoms with E-state index in [9.17, 15) is 0 Å². The van der Waals surface area contributed by atoms with Gasteiger partial charge in [0, 0.05) is 18.9 Å². The lowest BCUT2D eigenvalue weighted by Gasteiger charge is -2.07. The molecule has 1 N–H and O–H groups in total. The number of unbranched alkanes of at least 4 members (excludes halogenated alkanes) is 1. The van der Waals surface area contributed by atoms with Crippen molar-refractivity contribution in [3.63, 3.8) is 0 Å². The van der Waals surface area contributed by atoms with Crippen molar-refractivity contribution < 1.29 is 5.11 Å². The molecule has 0 spiro atoms. The van der Waals surface area contributed by atoms with E-state index < -0.39 is 0 Å². The summed E-state index contributed by atoms with van der Waals surface area (Å²) in [4.78, 5) is 2.19. The summed E-state index contributed by atoms with van der Waals surface area (Å²) in [5.41, 5.74) is 0. The van der Waals surface area contributed by atoms with Crippen molar-refractivity contribution in [1.29, 1.82) is 0 Å². The van der Waals surface area contributed by atoms with Crippen LogP contribution in [0, 0.1) is 0 Å². The first-order chi connectivity index (χ1) is 5.27. The fraction of sp³-hybridized carbons (Fsp3) is 1.00. The number of nitrogens with zero attached hydrogens (tertiary/aromatic N) is 1. The zero-order valence-electron chi connectivity index (χ0n) is 7.55. The monoisotopic (exact) mass is 177 g/mol. The molecule has 68 valence electrons. The van der Waals surface area contributed by atoms with E-state index in [4.69, 9.17) is 5.11 Å².